The molecule has 2 atom stereocenters. The van der Waals surface area contributed by atoms with Crippen LogP contribution in [-0.4, -0.2) is 70.0 Å². The standard InChI is InChI=1S/C70H106NO8P/c1-6-8-10-12-14-16-18-20-22-24-25-26-27-28-29-30-31-32-33-34-35-36-37-38-39-40-41-42-43-44-45-47-49-51-53-55-57-59-61-63-70(73)79-68(67-78-80(74,75)77-65-64-71(3,4)5)66-76-69(72)62-60-58-56-54-52-50-48-46-23-21-19-17-15-13-11-9-7-2/h8-11,14-17,20-23,25-26,28-29,31-32,34-35,37-38,40-41,43-44,47-50,53-56,68H,6-7,12-13,18-19,24,27,30,33,36,39,42,45-46,51-52,57-67H2,1-5H3/b10-8-,11-9-,16-14-,17-15-,22-20-,23-21-,26-25-,29-28-,32-31-,35-34-,38-37-,41-40-,44-43-,49-47-,50-48-,55-53-,56-54-. The van der Waals surface area contributed by atoms with Gasteiger partial charge >= 0.3 is 11.9 Å². The number of esters is 2. The van der Waals surface area contributed by atoms with Crippen LogP contribution in [0.5, 0.6) is 0 Å². The molecule has 2 unspecified atom stereocenters. The van der Waals surface area contributed by atoms with E-state index in [0.29, 0.717) is 30.3 Å². The molecule has 0 aliphatic carbocycles. The van der Waals surface area contributed by atoms with E-state index in [1.54, 1.807) is 0 Å². The summed E-state index contributed by atoms with van der Waals surface area (Å²) in [5.74, 6) is -0.976. The van der Waals surface area contributed by atoms with Crippen LogP contribution in [0.25, 0.3) is 0 Å². The zero-order chi connectivity index (χ0) is 58.4. The molecule has 0 aliphatic rings. The largest absolute Gasteiger partial charge is 0.756 e. The van der Waals surface area contributed by atoms with E-state index in [-0.39, 0.29) is 26.1 Å². The van der Waals surface area contributed by atoms with E-state index >= 15 is 0 Å². The Morgan fingerprint density at radius 1 is 0.388 bits per heavy atom. The number of nitrogens with zero attached hydrogens (tertiary/aromatic N) is 1. The third kappa shape index (κ3) is 61.8. The van der Waals surface area contributed by atoms with Gasteiger partial charge in [-0.05, 0) is 141 Å². The molecule has 0 amide bonds. The number of phosphoric ester groups is 1. The summed E-state index contributed by atoms with van der Waals surface area (Å²) in [6.07, 6.45) is 93.3. The van der Waals surface area contributed by atoms with E-state index in [9.17, 15) is 19.0 Å². The van der Waals surface area contributed by atoms with Crippen molar-refractivity contribution < 1.29 is 42.1 Å². The second-order valence-corrected chi connectivity index (χ2v) is 21.3. The van der Waals surface area contributed by atoms with Crippen molar-refractivity contribution in [2.45, 2.75) is 174 Å². The van der Waals surface area contributed by atoms with Crippen molar-refractivity contribution in [3.63, 3.8) is 0 Å². The van der Waals surface area contributed by atoms with Crippen molar-refractivity contribution >= 4 is 19.8 Å². The fourth-order valence-electron chi connectivity index (χ4n) is 6.79. The number of likely N-dealkylation sites (N-methyl/N-ethyl adjacent to an activating group) is 1. The fourth-order valence-corrected chi connectivity index (χ4v) is 7.52. The Bertz CT molecular complexity index is 2100. The van der Waals surface area contributed by atoms with Crippen molar-refractivity contribution in [2.24, 2.45) is 0 Å². The first-order chi connectivity index (χ1) is 39.0. The minimum atomic E-state index is -4.68. The van der Waals surface area contributed by atoms with E-state index in [4.69, 9.17) is 18.5 Å². The molecule has 0 N–H and O–H groups in total. The number of hydrogen-bond donors (Lipinski definition) is 0. The van der Waals surface area contributed by atoms with Crippen LogP contribution in [0.2, 0.25) is 0 Å². The summed E-state index contributed by atoms with van der Waals surface area (Å²) in [4.78, 5) is 37.8. The van der Waals surface area contributed by atoms with Gasteiger partial charge in [0.2, 0.25) is 0 Å². The molecule has 80 heavy (non-hydrogen) atoms. The number of unbranched alkanes of at least 4 members (excludes halogenated alkanes) is 3. The predicted molar refractivity (Wildman–Crippen MR) is 341 cm³/mol. The molecule has 0 rings (SSSR count). The lowest BCUT2D eigenvalue weighted by molar-refractivity contribution is -0.870. The van der Waals surface area contributed by atoms with Crippen LogP contribution in [0.3, 0.4) is 0 Å². The first-order valence-corrected chi connectivity index (χ1v) is 31.3. The Morgan fingerprint density at radius 3 is 0.988 bits per heavy atom. The highest BCUT2D eigenvalue weighted by Gasteiger charge is 2.21. The lowest BCUT2D eigenvalue weighted by atomic mass is 10.2. The molecule has 0 radical (unpaired) electrons. The van der Waals surface area contributed by atoms with Crippen LogP contribution in [0.4, 0.5) is 0 Å². The van der Waals surface area contributed by atoms with Crippen LogP contribution < -0.4 is 4.89 Å². The van der Waals surface area contributed by atoms with Gasteiger partial charge in [0.15, 0.2) is 6.10 Å². The van der Waals surface area contributed by atoms with Crippen molar-refractivity contribution in [1.29, 1.82) is 0 Å². The Labute approximate surface area is 487 Å². The number of ether oxygens (including phenoxy) is 2. The summed E-state index contributed by atoms with van der Waals surface area (Å²) in [7, 11) is 1.07. The van der Waals surface area contributed by atoms with Crippen LogP contribution in [0, 0.1) is 0 Å². The summed E-state index contributed by atoms with van der Waals surface area (Å²) in [6.45, 7) is 3.84. The molecule has 0 spiro atoms. The second kappa shape index (κ2) is 58.3. The maximum atomic E-state index is 12.8. The van der Waals surface area contributed by atoms with Gasteiger partial charge < -0.3 is 27.9 Å². The molecule has 0 heterocycles. The molecular formula is C70H106NO8P. The highest BCUT2D eigenvalue weighted by atomic mass is 31.2. The minimum Gasteiger partial charge on any atom is -0.756 e. The lowest BCUT2D eigenvalue weighted by Crippen LogP contribution is -2.37. The van der Waals surface area contributed by atoms with Crippen LogP contribution >= 0.6 is 7.82 Å². The molecule has 0 saturated heterocycles. The van der Waals surface area contributed by atoms with E-state index in [1.165, 1.54) is 0 Å². The number of carbonyl (C=O) groups excluding carboxylic acids is 2. The van der Waals surface area contributed by atoms with Gasteiger partial charge in [-0.3, -0.25) is 14.2 Å². The summed E-state index contributed by atoms with van der Waals surface area (Å²) < 4.78 is 34.0. The summed E-state index contributed by atoms with van der Waals surface area (Å²) in [5.41, 5.74) is 0. The smallest absolute Gasteiger partial charge is 0.306 e. The SMILES string of the molecule is CC/C=C\C/C=C\C/C=C\C/C=C\C/C=C\C/C=C\C/C=C\C/C=C\C/C=C\C/C=C\C/C=C\C/C=C\CCCCC(=O)OC(COC(=O)CCC/C=C\C/C=C\C/C=C\C/C=C\C/C=C\CC)COP(=O)([O-])OCC[N+](C)(C)C. The summed E-state index contributed by atoms with van der Waals surface area (Å²) >= 11 is 0. The average molecular weight is 1120 g/mol. The molecule has 9 nitrogen and oxygen atoms in total. The first-order valence-electron chi connectivity index (χ1n) is 29.8. The van der Waals surface area contributed by atoms with Crippen molar-refractivity contribution in [3.05, 3.63) is 207 Å². The third-order valence-electron chi connectivity index (χ3n) is 11.3. The van der Waals surface area contributed by atoms with Crippen molar-refractivity contribution in [2.75, 3.05) is 47.5 Å². The van der Waals surface area contributed by atoms with Gasteiger partial charge in [0.25, 0.3) is 7.82 Å². The molecule has 0 fully saturated rings. The van der Waals surface area contributed by atoms with Crippen molar-refractivity contribution in [1.82, 2.24) is 0 Å². The maximum absolute atomic E-state index is 12.8. The number of rotatable bonds is 51. The quantitative estimate of drug-likeness (QED) is 0.0195. The number of carbonyl (C=O) groups is 2. The van der Waals surface area contributed by atoms with Crippen LogP contribution in [0.1, 0.15) is 168 Å². The van der Waals surface area contributed by atoms with E-state index < -0.39 is 32.5 Å². The summed E-state index contributed by atoms with van der Waals surface area (Å²) in [5, 5.41) is 0. The first kappa shape index (κ1) is 74.6. The second-order valence-electron chi connectivity index (χ2n) is 19.9. The Kier molecular flexibility index (Phi) is 54.3. The number of phosphoric acid groups is 1. The van der Waals surface area contributed by atoms with Gasteiger partial charge in [0.05, 0.1) is 27.7 Å². The third-order valence-corrected chi connectivity index (χ3v) is 12.3. The molecular weight excluding hydrogens is 1010 g/mol. The van der Waals surface area contributed by atoms with Crippen molar-refractivity contribution in [3.8, 4) is 0 Å². The fraction of sp³-hybridized carbons (Fsp3) is 0.486. The Hall–Kier alpha value is -5.41. The highest BCUT2D eigenvalue weighted by Crippen LogP contribution is 2.38. The highest BCUT2D eigenvalue weighted by molar-refractivity contribution is 7.45. The zero-order valence-electron chi connectivity index (χ0n) is 50.2. The molecule has 0 aromatic carbocycles. The number of hydrogen-bond acceptors (Lipinski definition) is 8. The topological polar surface area (TPSA) is 111 Å². The van der Waals surface area contributed by atoms with E-state index in [0.717, 1.165) is 122 Å². The molecule has 0 aromatic heterocycles. The molecule has 0 bridgehead atoms. The van der Waals surface area contributed by atoms with Gasteiger partial charge in [-0.15, -0.1) is 0 Å². The maximum Gasteiger partial charge on any atom is 0.306 e. The molecule has 444 valence electrons. The molecule has 0 aliphatic heterocycles. The summed E-state index contributed by atoms with van der Waals surface area (Å²) in [6, 6.07) is 0. The monoisotopic (exact) mass is 1120 g/mol. The van der Waals surface area contributed by atoms with Gasteiger partial charge in [0.1, 0.15) is 19.8 Å². The predicted octanol–water partition coefficient (Wildman–Crippen LogP) is 18.5. The van der Waals surface area contributed by atoms with E-state index in [1.807, 2.05) is 27.2 Å². The van der Waals surface area contributed by atoms with Crippen LogP contribution in [0.15, 0.2) is 207 Å². The Balaban J connectivity index is 4.33. The van der Waals surface area contributed by atoms with Gasteiger partial charge in [0, 0.05) is 12.8 Å². The normalized spacial score (nSPS) is 14.7. The Morgan fingerprint density at radius 2 is 0.675 bits per heavy atom. The molecule has 0 aromatic rings. The van der Waals surface area contributed by atoms with E-state index in [2.05, 4.69) is 214 Å². The van der Waals surface area contributed by atoms with Gasteiger partial charge in [-0.1, -0.05) is 220 Å². The zero-order valence-corrected chi connectivity index (χ0v) is 51.1. The number of allylic oxidation sites excluding steroid dienone is 34. The molecule has 10 heteroatoms. The average Bonchev–Trinajstić information content (AvgIpc) is 3.42. The van der Waals surface area contributed by atoms with Gasteiger partial charge in [-0.25, -0.2) is 0 Å². The number of quaternary nitrogens is 1. The molecule has 0 saturated carbocycles. The minimum absolute atomic E-state index is 0.0610. The lowest BCUT2D eigenvalue weighted by Gasteiger charge is -2.28. The van der Waals surface area contributed by atoms with Gasteiger partial charge in [-0.2, -0.15) is 0 Å². The van der Waals surface area contributed by atoms with Crippen LogP contribution in [-0.2, 0) is 32.7 Å².